The van der Waals surface area contributed by atoms with Crippen LogP contribution in [0, 0.1) is 0 Å². The van der Waals surface area contributed by atoms with Crippen molar-refractivity contribution in [3.05, 3.63) is 54.9 Å². The van der Waals surface area contributed by atoms with Gasteiger partial charge in [0, 0.05) is 17.6 Å². The summed E-state index contributed by atoms with van der Waals surface area (Å²) in [5.41, 5.74) is 2.37. The van der Waals surface area contributed by atoms with Gasteiger partial charge in [0.05, 0.1) is 18.3 Å². The zero-order valence-electron chi connectivity index (χ0n) is 15.3. The molecular formula is C20H19N5O2S. The number of fused-ring (bicyclic) bond motifs is 3. The van der Waals surface area contributed by atoms with E-state index in [9.17, 15) is 4.79 Å². The van der Waals surface area contributed by atoms with E-state index in [4.69, 9.17) is 4.74 Å². The number of nitrogens with zero attached hydrogens (tertiary/aromatic N) is 4. The molecular weight excluding hydrogens is 374 g/mol. The molecule has 4 aromatic rings. The van der Waals surface area contributed by atoms with Gasteiger partial charge in [0.15, 0.2) is 5.65 Å². The largest absolute Gasteiger partial charge is 0.495 e. The van der Waals surface area contributed by atoms with Gasteiger partial charge in [-0.05, 0) is 30.7 Å². The zero-order chi connectivity index (χ0) is 19.3. The quantitative estimate of drug-likeness (QED) is 0.380. The number of rotatable bonds is 7. The monoisotopic (exact) mass is 393 g/mol. The molecule has 0 saturated carbocycles. The lowest BCUT2D eigenvalue weighted by atomic mass is 10.2. The van der Waals surface area contributed by atoms with Crippen LogP contribution in [0.2, 0.25) is 0 Å². The fraction of sp³-hybridized carbons (Fsp3) is 0.200. The molecule has 0 fully saturated rings. The highest BCUT2D eigenvalue weighted by molar-refractivity contribution is 7.99. The van der Waals surface area contributed by atoms with Gasteiger partial charge in [-0.1, -0.05) is 36.0 Å². The molecule has 2 aromatic heterocycles. The average Bonchev–Trinajstić information content (AvgIpc) is 3.15. The summed E-state index contributed by atoms with van der Waals surface area (Å²) in [5, 5.41) is 9.00. The topological polar surface area (TPSA) is 81.4 Å². The lowest BCUT2D eigenvalue weighted by Crippen LogP contribution is -2.12. The number of methoxy groups -OCH3 is 1. The van der Waals surface area contributed by atoms with Crippen molar-refractivity contribution in [2.24, 2.45) is 0 Å². The molecule has 2 heterocycles. The van der Waals surface area contributed by atoms with Gasteiger partial charge in [0.1, 0.15) is 12.1 Å². The van der Waals surface area contributed by atoms with Gasteiger partial charge in [0.2, 0.25) is 11.1 Å². The number of ether oxygens (including phenoxy) is 1. The number of hydrogen-bond acceptors (Lipinski definition) is 6. The van der Waals surface area contributed by atoms with E-state index < -0.39 is 0 Å². The summed E-state index contributed by atoms with van der Waals surface area (Å²) in [5.74, 6) is 1.37. The van der Waals surface area contributed by atoms with Crippen LogP contribution in [-0.4, -0.2) is 38.4 Å². The molecule has 28 heavy (non-hydrogen) atoms. The maximum Gasteiger partial charge on any atom is 0.224 e. The highest BCUT2D eigenvalue weighted by Crippen LogP contribution is 2.24. The lowest BCUT2D eigenvalue weighted by Gasteiger charge is -2.09. The van der Waals surface area contributed by atoms with Crippen LogP contribution >= 0.6 is 11.8 Å². The van der Waals surface area contributed by atoms with Crippen LogP contribution < -0.4 is 10.1 Å². The van der Waals surface area contributed by atoms with Crippen LogP contribution in [0.15, 0.2) is 60.0 Å². The second kappa shape index (κ2) is 8.26. The molecule has 0 atom stereocenters. The number of aromatic nitrogens is 4. The third-order valence-electron chi connectivity index (χ3n) is 4.22. The molecule has 2 aromatic carbocycles. The van der Waals surface area contributed by atoms with E-state index in [1.807, 2.05) is 48.5 Å². The van der Waals surface area contributed by atoms with E-state index in [-0.39, 0.29) is 5.91 Å². The van der Waals surface area contributed by atoms with E-state index in [0.717, 1.165) is 28.7 Å². The van der Waals surface area contributed by atoms with Gasteiger partial charge in [-0.3, -0.25) is 4.79 Å². The first-order valence-corrected chi connectivity index (χ1v) is 9.89. The first-order valence-electron chi connectivity index (χ1n) is 8.90. The highest BCUT2D eigenvalue weighted by Gasteiger charge is 2.10. The minimum atomic E-state index is -0.0387. The second-order valence-corrected chi connectivity index (χ2v) is 7.19. The van der Waals surface area contributed by atoms with Crippen molar-refractivity contribution in [2.45, 2.75) is 18.0 Å². The summed E-state index contributed by atoms with van der Waals surface area (Å²) in [6.45, 7) is 0. The van der Waals surface area contributed by atoms with E-state index in [1.54, 1.807) is 18.0 Å². The molecule has 4 rings (SSSR count). The molecule has 8 heteroatoms. The second-order valence-electron chi connectivity index (χ2n) is 6.12. The van der Waals surface area contributed by atoms with E-state index in [1.165, 1.54) is 11.8 Å². The summed E-state index contributed by atoms with van der Waals surface area (Å²) < 4.78 is 6.94. The summed E-state index contributed by atoms with van der Waals surface area (Å²) in [6, 6.07) is 15.2. The molecule has 0 bridgehead atoms. The molecule has 0 saturated heterocycles. The van der Waals surface area contributed by atoms with Crippen molar-refractivity contribution in [1.82, 2.24) is 19.6 Å². The van der Waals surface area contributed by atoms with Gasteiger partial charge in [-0.2, -0.15) is 0 Å². The Morgan fingerprint density at radius 1 is 1.18 bits per heavy atom. The molecule has 0 unspecified atom stereocenters. The molecule has 1 N–H and O–H groups in total. The molecule has 1 amide bonds. The van der Waals surface area contributed by atoms with E-state index in [2.05, 4.69) is 20.4 Å². The van der Waals surface area contributed by atoms with Crippen molar-refractivity contribution in [3.8, 4) is 5.75 Å². The average molecular weight is 393 g/mol. The number of carbonyl (C=O) groups is 1. The number of carbonyl (C=O) groups excluding carboxylic acids is 1. The third-order valence-corrected chi connectivity index (χ3v) is 5.15. The van der Waals surface area contributed by atoms with Crippen molar-refractivity contribution in [3.63, 3.8) is 0 Å². The smallest absolute Gasteiger partial charge is 0.224 e. The number of hydrogen-bond donors (Lipinski definition) is 1. The number of anilines is 1. The zero-order valence-corrected chi connectivity index (χ0v) is 16.1. The fourth-order valence-corrected chi connectivity index (χ4v) is 3.65. The van der Waals surface area contributed by atoms with Gasteiger partial charge < -0.3 is 10.1 Å². The van der Waals surface area contributed by atoms with E-state index in [0.29, 0.717) is 23.0 Å². The minimum Gasteiger partial charge on any atom is -0.495 e. The van der Waals surface area contributed by atoms with Crippen molar-refractivity contribution in [2.75, 3.05) is 18.2 Å². The predicted octanol–water partition coefficient (Wildman–Crippen LogP) is 3.80. The van der Waals surface area contributed by atoms with Gasteiger partial charge >= 0.3 is 0 Å². The number of nitrogens with one attached hydrogen (secondary N) is 1. The molecule has 7 nitrogen and oxygen atoms in total. The van der Waals surface area contributed by atoms with E-state index >= 15 is 0 Å². The molecule has 0 spiro atoms. The van der Waals surface area contributed by atoms with Crippen LogP contribution in [-0.2, 0) is 4.79 Å². The number of thioether (sulfide) groups is 1. The van der Waals surface area contributed by atoms with Crippen molar-refractivity contribution in [1.29, 1.82) is 0 Å². The molecule has 0 radical (unpaired) electrons. The molecule has 0 aliphatic rings. The van der Waals surface area contributed by atoms with Crippen LogP contribution in [0.1, 0.15) is 12.8 Å². The fourth-order valence-electron chi connectivity index (χ4n) is 2.88. The highest BCUT2D eigenvalue weighted by atomic mass is 32.2. The Morgan fingerprint density at radius 3 is 2.89 bits per heavy atom. The predicted molar refractivity (Wildman–Crippen MR) is 110 cm³/mol. The van der Waals surface area contributed by atoms with Crippen LogP contribution in [0.4, 0.5) is 5.69 Å². The maximum absolute atomic E-state index is 12.2. The third kappa shape index (κ3) is 3.91. The van der Waals surface area contributed by atoms with Gasteiger partial charge in [-0.15, -0.1) is 5.10 Å². The summed E-state index contributed by atoms with van der Waals surface area (Å²) in [4.78, 5) is 21.1. The summed E-state index contributed by atoms with van der Waals surface area (Å²) >= 11 is 1.54. The molecule has 142 valence electrons. The Kier molecular flexibility index (Phi) is 5.38. The van der Waals surface area contributed by atoms with Crippen molar-refractivity contribution >= 4 is 39.9 Å². The Balaban J connectivity index is 1.33. The molecule has 0 aliphatic heterocycles. The summed E-state index contributed by atoms with van der Waals surface area (Å²) in [7, 11) is 1.59. The Morgan fingerprint density at radius 2 is 2.00 bits per heavy atom. The maximum atomic E-state index is 12.2. The Hall–Kier alpha value is -3.13. The number of benzene rings is 2. The summed E-state index contributed by atoms with van der Waals surface area (Å²) in [6.07, 6.45) is 2.82. The molecule has 0 aliphatic carbocycles. The van der Waals surface area contributed by atoms with Crippen LogP contribution in [0.5, 0.6) is 5.75 Å². The lowest BCUT2D eigenvalue weighted by molar-refractivity contribution is -0.116. The van der Waals surface area contributed by atoms with Gasteiger partial charge in [0.25, 0.3) is 0 Å². The number of para-hydroxylation sites is 3. The van der Waals surface area contributed by atoms with Crippen molar-refractivity contribution < 1.29 is 9.53 Å². The van der Waals surface area contributed by atoms with Crippen LogP contribution in [0.3, 0.4) is 0 Å². The Labute approximate surface area is 166 Å². The Bertz CT molecular complexity index is 1130. The SMILES string of the molecule is COc1ccccc1NC(=O)CCCSc1nc2c3ccccc3ncn2n1. The van der Waals surface area contributed by atoms with Gasteiger partial charge in [-0.25, -0.2) is 14.5 Å². The van der Waals surface area contributed by atoms with Crippen LogP contribution in [0.25, 0.3) is 16.6 Å². The minimum absolute atomic E-state index is 0.0387. The first-order chi connectivity index (χ1) is 13.7. The first kappa shape index (κ1) is 18.2. The number of amides is 1. The normalized spacial score (nSPS) is 11.0. The standard InChI is InChI=1S/C20H19N5O2S/c1-27-17-10-5-4-9-16(17)22-18(26)11-6-12-28-20-23-19-14-7-2-3-8-15(14)21-13-25(19)24-20/h2-5,7-10,13H,6,11-12H2,1H3,(H,22,26).